The van der Waals surface area contributed by atoms with Gasteiger partial charge in [-0.15, -0.1) is 0 Å². The summed E-state index contributed by atoms with van der Waals surface area (Å²) in [5.41, 5.74) is 2.51. The van der Waals surface area contributed by atoms with E-state index >= 15 is 0 Å². The lowest BCUT2D eigenvalue weighted by Gasteiger charge is -2.35. The second kappa shape index (κ2) is 5.06. The molecule has 0 aliphatic carbocycles. The molecule has 0 saturated carbocycles. The van der Waals surface area contributed by atoms with E-state index in [0.717, 1.165) is 16.6 Å². The predicted octanol–water partition coefficient (Wildman–Crippen LogP) is 1.12. The number of benzene rings is 1. The molecule has 1 aliphatic heterocycles. The summed E-state index contributed by atoms with van der Waals surface area (Å²) < 4.78 is 24.6. The highest BCUT2D eigenvalue weighted by molar-refractivity contribution is 7.88. The molecule has 0 bridgehead atoms. The first-order valence-electron chi connectivity index (χ1n) is 6.70. The molecule has 1 saturated heterocycles. The van der Waals surface area contributed by atoms with Crippen LogP contribution < -0.4 is 4.90 Å². The number of hydrogen-bond acceptors (Lipinski definition) is 4. The van der Waals surface area contributed by atoms with Gasteiger partial charge in [-0.1, -0.05) is 0 Å². The van der Waals surface area contributed by atoms with Gasteiger partial charge in [0.15, 0.2) is 0 Å². The van der Waals surface area contributed by atoms with E-state index in [1.807, 2.05) is 24.4 Å². The number of nitriles is 1. The summed E-state index contributed by atoms with van der Waals surface area (Å²) in [6, 6.07) is 7.84. The molecule has 2 heterocycles. The minimum absolute atomic E-state index is 0.474. The van der Waals surface area contributed by atoms with Crippen LogP contribution in [0.15, 0.2) is 24.4 Å². The molecule has 0 radical (unpaired) electrons. The number of fused-ring (bicyclic) bond motifs is 1. The Hall–Kier alpha value is -2.04. The molecule has 2 aromatic rings. The standard InChI is InChI=1S/C14H16N4O2S/c1-21(19,20)18-6-4-17(5-7-18)14-9-11(10-15)8-13-12(14)2-3-16-13/h2-3,8-9,16H,4-7H2,1H3. The van der Waals surface area contributed by atoms with Gasteiger partial charge in [-0.25, -0.2) is 8.42 Å². The number of rotatable bonds is 2. The summed E-state index contributed by atoms with van der Waals surface area (Å²) in [5.74, 6) is 0. The summed E-state index contributed by atoms with van der Waals surface area (Å²) in [5, 5.41) is 10.2. The van der Waals surface area contributed by atoms with Crippen molar-refractivity contribution in [3.8, 4) is 6.07 Å². The largest absolute Gasteiger partial charge is 0.368 e. The van der Waals surface area contributed by atoms with Crippen molar-refractivity contribution in [1.29, 1.82) is 5.26 Å². The first kappa shape index (κ1) is 13.9. The molecule has 0 unspecified atom stereocenters. The molecule has 1 aromatic heterocycles. The van der Waals surface area contributed by atoms with Crippen molar-refractivity contribution in [2.45, 2.75) is 0 Å². The Morgan fingerprint density at radius 1 is 1.24 bits per heavy atom. The average Bonchev–Trinajstić information content (AvgIpc) is 2.93. The smallest absolute Gasteiger partial charge is 0.211 e. The number of nitrogens with one attached hydrogen (secondary N) is 1. The van der Waals surface area contributed by atoms with Gasteiger partial charge >= 0.3 is 0 Å². The third-order valence-electron chi connectivity index (χ3n) is 3.82. The van der Waals surface area contributed by atoms with Crippen LogP contribution in [0.2, 0.25) is 0 Å². The Balaban J connectivity index is 1.92. The lowest BCUT2D eigenvalue weighted by Crippen LogP contribution is -2.48. The maximum absolute atomic E-state index is 11.6. The Morgan fingerprint density at radius 3 is 2.57 bits per heavy atom. The highest BCUT2D eigenvalue weighted by Gasteiger charge is 2.24. The van der Waals surface area contributed by atoms with Gasteiger partial charge in [0.1, 0.15) is 0 Å². The van der Waals surface area contributed by atoms with Gasteiger partial charge in [0.05, 0.1) is 17.9 Å². The molecule has 6 nitrogen and oxygen atoms in total. The first-order valence-corrected chi connectivity index (χ1v) is 8.55. The normalized spacial score (nSPS) is 17.0. The molecule has 1 aromatic carbocycles. The monoisotopic (exact) mass is 304 g/mol. The van der Waals surface area contributed by atoms with Crippen LogP contribution in [0.4, 0.5) is 5.69 Å². The second-order valence-electron chi connectivity index (χ2n) is 5.20. The lowest BCUT2D eigenvalue weighted by atomic mass is 10.1. The fourth-order valence-corrected chi connectivity index (χ4v) is 3.56. The van der Waals surface area contributed by atoms with E-state index in [1.54, 1.807) is 0 Å². The van der Waals surface area contributed by atoms with Crippen LogP contribution in [0.25, 0.3) is 10.9 Å². The molecule has 21 heavy (non-hydrogen) atoms. The van der Waals surface area contributed by atoms with Gasteiger partial charge in [-0.2, -0.15) is 9.57 Å². The Kier molecular flexibility index (Phi) is 3.35. The molecule has 1 N–H and O–H groups in total. The topological polar surface area (TPSA) is 80.2 Å². The molecule has 0 amide bonds. The number of anilines is 1. The van der Waals surface area contributed by atoms with Crippen molar-refractivity contribution in [2.24, 2.45) is 0 Å². The number of aromatic amines is 1. The molecule has 3 rings (SSSR count). The maximum atomic E-state index is 11.6. The third-order valence-corrected chi connectivity index (χ3v) is 5.13. The van der Waals surface area contributed by atoms with Crippen molar-refractivity contribution in [3.05, 3.63) is 30.0 Å². The van der Waals surface area contributed by atoms with Gasteiger partial charge in [-0.05, 0) is 18.2 Å². The van der Waals surface area contributed by atoms with Crippen LogP contribution in [-0.4, -0.2) is 50.1 Å². The number of H-pyrrole nitrogens is 1. The van der Waals surface area contributed by atoms with Crippen molar-refractivity contribution in [2.75, 3.05) is 37.3 Å². The number of nitrogens with zero attached hydrogens (tertiary/aromatic N) is 3. The van der Waals surface area contributed by atoms with Gasteiger partial charge in [0, 0.05) is 49.0 Å². The predicted molar refractivity (Wildman–Crippen MR) is 81.6 cm³/mol. The lowest BCUT2D eigenvalue weighted by molar-refractivity contribution is 0.388. The van der Waals surface area contributed by atoms with Crippen LogP contribution >= 0.6 is 0 Å². The van der Waals surface area contributed by atoms with Gasteiger partial charge in [-0.3, -0.25) is 0 Å². The molecule has 1 fully saturated rings. The summed E-state index contributed by atoms with van der Waals surface area (Å²) >= 11 is 0. The molecule has 110 valence electrons. The van der Waals surface area contributed by atoms with Crippen molar-refractivity contribution in [1.82, 2.24) is 9.29 Å². The van der Waals surface area contributed by atoms with Crippen LogP contribution in [0.5, 0.6) is 0 Å². The summed E-state index contributed by atoms with van der Waals surface area (Å²) in [4.78, 5) is 5.26. The molecule has 7 heteroatoms. The highest BCUT2D eigenvalue weighted by Crippen LogP contribution is 2.29. The van der Waals surface area contributed by atoms with Gasteiger partial charge < -0.3 is 9.88 Å². The number of hydrogen-bond donors (Lipinski definition) is 1. The van der Waals surface area contributed by atoms with Crippen LogP contribution in [0, 0.1) is 11.3 Å². The molecule has 0 spiro atoms. The molecule has 0 atom stereocenters. The van der Waals surface area contributed by atoms with E-state index in [4.69, 9.17) is 5.26 Å². The summed E-state index contributed by atoms with van der Waals surface area (Å²) in [6.45, 7) is 2.20. The molecule has 1 aliphatic rings. The number of aromatic nitrogens is 1. The Bertz CT molecular complexity index is 811. The molecular weight excluding hydrogens is 288 g/mol. The van der Waals surface area contributed by atoms with Gasteiger partial charge in [0.2, 0.25) is 10.0 Å². The van der Waals surface area contributed by atoms with Gasteiger partial charge in [0.25, 0.3) is 0 Å². The second-order valence-corrected chi connectivity index (χ2v) is 7.18. The maximum Gasteiger partial charge on any atom is 0.211 e. The van der Waals surface area contributed by atoms with Crippen LogP contribution in [-0.2, 0) is 10.0 Å². The van der Waals surface area contributed by atoms with E-state index in [9.17, 15) is 8.42 Å². The average molecular weight is 304 g/mol. The molecular formula is C14H16N4O2S. The zero-order valence-corrected chi connectivity index (χ0v) is 12.5. The third kappa shape index (κ3) is 2.60. The van der Waals surface area contributed by atoms with Crippen molar-refractivity contribution >= 4 is 26.6 Å². The van der Waals surface area contributed by atoms with Crippen molar-refractivity contribution < 1.29 is 8.42 Å². The highest BCUT2D eigenvalue weighted by atomic mass is 32.2. The van der Waals surface area contributed by atoms with E-state index < -0.39 is 10.0 Å². The first-order chi connectivity index (χ1) is 9.99. The summed E-state index contributed by atoms with van der Waals surface area (Å²) in [7, 11) is -3.13. The fourth-order valence-electron chi connectivity index (χ4n) is 2.73. The SMILES string of the molecule is CS(=O)(=O)N1CCN(c2cc(C#N)cc3[nH]ccc23)CC1. The quantitative estimate of drug-likeness (QED) is 0.901. The fraction of sp³-hybridized carbons (Fsp3) is 0.357. The van der Waals surface area contributed by atoms with E-state index in [2.05, 4.69) is 16.0 Å². The summed E-state index contributed by atoms with van der Waals surface area (Å²) in [6.07, 6.45) is 3.09. The van der Waals surface area contributed by atoms with Crippen molar-refractivity contribution in [3.63, 3.8) is 0 Å². The number of piperazine rings is 1. The number of sulfonamides is 1. The van der Waals surface area contributed by atoms with Crippen LogP contribution in [0.1, 0.15) is 5.56 Å². The minimum atomic E-state index is -3.13. The zero-order chi connectivity index (χ0) is 15.0. The van der Waals surface area contributed by atoms with E-state index in [-0.39, 0.29) is 0 Å². The Morgan fingerprint density at radius 2 is 1.95 bits per heavy atom. The van der Waals surface area contributed by atoms with E-state index in [1.165, 1.54) is 10.6 Å². The minimum Gasteiger partial charge on any atom is -0.368 e. The van der Waals surface area contributed by atoms with Crippen LogP contribution in [0.3, 0.4) is 0 Å². The van der Waals surface area contributed by atoms with E-state index in [0.29, 0.717) is 31.7 Å². The zero-order valence-electron chi connectivity index (χ0n) is 11.7. The Labute approximate surface area is 123 Å².